The number of hydrogen-bond acceptors (Lipinski definition) is 5. The number of benzene rings is 2. The van der Waals surface area contributed by atoms with Gasteiger partial charge in [0.15, 0.2) is 5.84 Å². The van der Waals surface area contributed by atoms with Gasteiger partial charge in [-0.2, -0.15) is 5.10 Å². The molecule has 0 saturated carbocycles. The van der Waals surface area contributed by atoms with E-state index in [1.165, 1.54) is 5.56 Å². The zero-order valence-electron chi connectivity index (χ0n) is 17.5. The molecule has 2 aromatic carbocycles. The molecule has 1 fully saturated rings. The van der Waals surface area contributed by atoms with Gasteiger partial charge in [-0.3, -0.25) is 10.8 Å². The third kappa shape index (κ3) is 4.85. The number of para-hydroxylation sites is 1. The number of likely N-dealkylation sites (tertiary alicyclic amines) is 1. The third-order valence-corrected chi connectivity index (χ3v) is 5.52. The van der Waals surface area contributed by atoms with Crippen molar-refractivity contribution in [2.24, 2.45) is 5.10 Å². The summed E-state index contributed by atoms with van der Waals surface area (Å²) in [5.41, 5.74) is 6.18. The molecule has 2 aromatic rings. The molecule has 0 radical (unpaired) electrons. The zero-order valence-corrected chi connectivity index (χ0v) is 17.5. The summed E-state index contributed by atoms with van der Waals surface area (Å²) in [6, 6.07) is 17.2. The molecule has 0 aliphatic carbocycles. The quantitative estimate of drug-likeness (QED) is 0.513. The van der Waals surface area contributed by atoms with E-state index in [2.05, 4.69) is 37.4 Å². The number of carbonyl (C=O) groups is 1. The lowest BCUT2D eigenvalue weighted by molar-refractivity contribution is 0.246. The van der Waals surface area contributed by atoms with Gasteiger partial charge in [0.25, 0.3) is 0 Å². The van der Waals surface area contributed by atoms with Crippen LogP contribution in [0.1, 0.15) is 24.3 Å². The molecule has 1 atom stereocenters. The van der Waals surface area contributed by atoms with Gasteiger partial charge in [0.1, 0.15) is 5.82 Å². The van der Waals surface area contributed by atoms with Gasteiger partial charge in [-0.15, -0.1) is 0 Å². The molecule has 2 heterocycles. The summed E-state index contributed by atoms with van der Waals surface area (Å²) in [5.74, 6) is 1.55. The average molecular weight is 418 g/mol. The fourth-order valence-electron chi connectivity index (χ4n) is 4.07. The Kier molecular flexibility index (Phi) is 6.16. The van der Waals surface area contributed by atoms with Crippen LogP contribution in [0.2, 0.25) is 0 Å². The Morgan fingerprint density at radius 3 is 2.65 bits per heavy atom. The van der Waals surface area contributed by atoms with Crippen molar-refractivity contribution in [3.05, 3.63) is 71.6 Å². The van der Waals surface area contributed by atoms with E-state index in [0.29, 0.717) is 11.8 Å². The van der Waals surface area contributed by atoms with Crippen LogP contribution in [0.4, 0.5) is 16.2 Å². The van der Waals surface area contributed by atoms with Crippen molar-refractivity contribution in [1.82, 2.24) is 15.6 Å². The summed E-state index contributed by atoms with van der Waals surface area (Å²) < 4.78 is 0. The highest BCUT2D eigenvalue weighted by Gasteiger charge is 2.26. The first-order valence-electron chi connectivity index (χ1n) is 10.4. The van der Waals surface area contributed by atoms with E-state index in [9.17, 15) is 4.79 Å². The second-order valence-electron chi connectivity index (χ2n) is 7.61. The van der Waals surface area contributed by atoms with Crippen LogP contribution < -0.4 is 21.4 Å². The number of hydrazone groups is 1. The highest BCUT2D eigenvalue weighted by atomic mass is 16.2. The van der Waals surface area contributed by atoms with Crippen molar-refractivity contribution in [1.29, 1.82) is 5.41 Å². The molecule has 0 bridgehead atoms. The van der Waals surface area contributed by atoms with Crippen molar-refractivity contribution < 1.29 is 4.79 Å². The Bertz CT molecular complexity index is 1020. The molecular weight excluding hydrogens is 390 g/mol. The fraction of sp³-hybridized carbons (Fsp3) is 0.261. The molecule has 1 unspecified atom stereocenters. The van der Waals surface area contributed by atoms with Crippen LogP contribution in [0.15, 0.2) is 71.1 Å². The zero-order chi connectivity index (χ0) is 21.6. The van der Waals surface area contributed by atoms with Crippen LogP contribution in [-0.4, -0.2) is 43.1 Å². The maximum absolute atomic E-state index is 12.3. The molecule has 2 aliphatic rings. The first-order chi connectivity index (χ1) is 15.1. The first kappa shape index (κ1) is 20.5. The van der Waals surface area contributed by atoms with E-state index < -0.39 is 0 Å². The van der Waals surface area contributed by atoms with E-state index in [0.717, 1.165) is 48.7 Å². The van der Waals surface area contributed by atoms with E-state index in [-0.39, 0.29) is 6.03 Å². The van der Waals surface area contributed by atoms with Crippen LogP contribution in [0.3, 0.4) is 0 Å². The SMILES string of the molecule is CN/C(=C1/C=NNC1=N)N1CCCC(c2cccc(NC(=O)Nc3ccccc3)c2)C1. The van der Waals surface area contributed by atoms with Gasteiger partial charge < -0.3 is 20.9 Å². The van der Waals surface area contributed by atoms with E-state index in [4.69, 9.17) is 5.41 Å². The van der Waals surface area contributed by atoms with Crippen LogP contribution in [0.25, 0.3) is 0 Å². The molecule has 2 amide bonds. The van der Waals surface area contributed by atoms with Crippen molar-refractivity contribution in [2.45, 2.75) is 18.8 Å². The Morgan fingerprint density at radius 2 is 1.90 bits per heavy atom. The molecule has 8 heteroatoms. The highest BCUT2D eigenvalue weighted by molar-refractivity contribution is 6.17. The lowest BCUT2D eigenvalue weighted by Crippen LogP contribution is -2.39. The number of hydrogen-bond donors (Lipinski definition) is 5. The second-order valence-corrected chi connectivity index (χ2v) is 7.61. The number of nitrogens with one attached hydrogen (secondary N) is 5. The van der Waals surface area contributed by atoms with Gasteiger partial charge in [-0.25, -0.2) is 4.79 Å². The van der Waals surface area contributed by atoms with Gasteiger partial charge in [0, 0.05) is 37.4 Å². The van der Waals surface area contributed by atoms with Crippen LogP contribution in [0, 0.1) is 5.41 Å². The molecule has 31 heavy (non-hydrogen) atoms. The minimum atomic E-state index is -0.262. The maximum atomic E-state index is 12.3. The standard InChI is InChI=1S/C23H27N7O/c1-25-22(20-14-26-29-21(20)24)30-12-6-8-17(15-30)16-7-5-11-19(13-16)28-23(31)27-18-9-3-2-4-10-18/h2-5,7,9-11,13-14,17,25H,6,8,12,15H2,1H3,(H2,24,29)(H2,27,28,31)/b22-20+. The highest BCUT2D eigenvalue weighted by Crippen LogP contribution is 2.30. The molecular formula is C23H27N7O. The van der Waals surface area contributed by atoms with E-state index in [1.54, 1.807) is 6.21 Å². The Labute approximate surface area is 181 Å². The molecule has 2 aliphatic heterocycles. The Morgan fingerprint density at radius 1 is 1.13 bits per heavy atom. The first-order valence-corrected chi connectivity index (χ1v) is 10.4. The number of amidine groups is 1. The monoisotopic (exact) mass is 417 g/mol. The number of urea groups is 1. The molecule has 0 aromatic heterocycles. The number of piperidine rings is 1. The van der Waals surface area contributed by atoms with Gasteiger partial charge in [0.2, 0.25) is 0 Å². The van der Waals surface area contributed by atoms with Crippen molar-refractivity contribution in [3.8, 4) is 0 Å². The second kappa shape index (κ2) is 9.34. The average Bonchev–Trinajstić information content (AvgIpc) is 3.21. The number of rotatable bonds is 5. The normalized spacial score (nSPS) is 19.6. The molecule has 4 rings (SSSR count). The maximum Gasteiger partial charge on any atom is 0.323 e. The van der Waals surface area contributed by atoms with Crippen LogP contribution >= 0.6 is 0 Å². The lowest BCUT2D eigenvalue weighted by atomic mass is 9.90. The predicted octanol–water partition coefficient (Wildman–Crippen LogP) is 3.51. The third-order valence-electron chi connectivity index (χ3n) is 5.52. The van der Waals surface area contributed by atoms with Crippen molar-refractivity contribution in [2.75, 3.05) is 30.8 Å². The van der Waals surface area contributed by atoms with Crippen molar-refractivity contribution >= 4 is 29.5 Å². The smallest absolute Gasteiger partial charge is 0.323 e. The number of anilines is 2. The molecule has 1 saturated heterocycles. The fourth-order valence-corrected chi connectivity index (χ4v) is 4.07. The van der Waals surface area contributed by atoms with E-state index >= 15 is 0 Å². The number of nitrogens with zero attached hydrogens (tertiary/aromatic N) is 2. The Balaban J connectivity index is 1.45. The summed E-state index contributed by atoms with van der Waals surface area (Å²) in [4.78, 5) is 14.6. The minimum absolute atomic E-state index is 0.262. The number of amides is 2. The summed E-state index contributed by atoms with van der Waals surface area (Å²) in [6.07, 6.45) is 3.81. The molecule has 8 nitrogen and oxygen atoms in total. The van der Waals surface area contributed by atoms with Crippen LogP contribution in [-0.2, 0) is 0 Å². The summed E-state index contributed by atoms with van der Waals surface area (Å²) in [6.45, 7) is 1.76. The minimum Gasteiger partial charge on any atom is -0.374 e. The predicted molar refractivity (Wildman–Crippen MR) is 125 cm³/mol. The van der Waals surface area contributed by atoms with E-state index in [1.807, 2.05) is 55.6 Å². The van der Waals surface area contributed by atoms with Gasteiger partial charge in [-0.05, 0) is 42.7 Å². The molecule has 5 N–H and O–H groups in total. The molecule has 160 valence electrons. The molecule has 0 spiro atoms. The van der Waals surface area contributed by atoms with Gasteiger partial charge in [-0.1, -0.05) is 30.3 Å². The van der Waals surface area contributed by atoms with Gasteiger partial charge in [0.05, 0.1) is 11.8 Å². The Hall–Kier alpha value is -3.81. The largest absolute Gasteiger partial charge is 0.374 e. The van der Waals surface area contributed by atoms with Crippen LogP contribution in [0.5, 0.6) is 0 Å². The topological polar surface area (TPSA) is 105 Å². The lowest BCUT2D eigenvalue weighted by Gasteiger charge is -2.36. The summed E-state index contributed by atoms with van der Waals surface area (Å²) >= 11 is 0. The summed E-state index contributed by atoms with van der Waals surface area (Å²) in [5, 5.41) is 21.0. The number of carbonyl (C=O) groups excluding carboxylic acids is 1. The van der Waals surface area contributed by atoms with Gasteiger partial charge >= 0.3 is 6.03 Å². The van der Waals surface area contributed by atoms with Crippen molar-refractivity contribution in [3.63, 3.8) is 0 Å². The summed E-state index contributed by atoms with van der Waals surface area (Å²) in [7, 11) is 1.88.